The minimum absolute atomic E-state index is 0.00361. The highest BCUT2D eigenvalue weighted by molar-refractivity contribution is 7.91. The zero-order valence-electron chi connectivity index (χ0n) is 21.4. The normalized spacial score (nSPS) is 12.6. The van der Waals surface area contributed by atoms with Gasteiger partial charge in [0.05, 0.1) is 18.1 Å². The van der Waals surface area contributed by atoms with Gasteiger partial charge in [-0.2, -0.15) is 0 Å². The first-order chi connectivity index (χ1) is 17.3. The van der Waals surface area contributed by atoms with Gasteiger partial charge in [0.25, 0.3) is 0 Å². The molecule has 2 aromatic carbocycles. The molecular weight excluding hydrogens is 476 g/mol. The second-order valence-electron chi connectivity index (χ2n) is 8.25. The molecule has 196 valence electrons. The molecule has 0 aliphatic heterocycles. The lowest BCUT2D eigenvalue weighted by Crippen LogP contribution is -2.20. The third kappa shape index (κ3) is 10.1. The largest absolute Gasteiger partial charge is 0.493 e. The highest BCUT2D eigenvalue weighted by Crippen LogP contribution is 2.23. The molecule has 0 aliphatic carbocycles. The Morgan fingerprint density at radius 3 is 2.64 bits per heavy atom. The minimum atomic E-state index is -3.07. The molecule has 8 nitrogen and oxygen atoms in total. The van der Waals surface area contributed by atoms with E-state index in [-0.39, 0.29) is 18.1 Å². The van der Waals surface area contributed by atoms with E-state index >= 15 is 0 Å². The standard InChI is InChI=1S/C27H38N4O4S/c1-4-36(32,33)18-17-35-27-12-11-24(29)19-23(27)21-31(3)15-6-5-7-16-34-25-10-8-9-22(20-25)26(30-2)13-14-28/h5-6,8-14,19-20H,4,7,15-18,21,28-29H2,1-3H3/b6-5+,14-13-,30-26?. The second-order valence-corrected chi connectivity index (χ2v) is 10.7. The molecule has 0 unspecified atom stereocenters. The smallest absolute Gasteiger partial charge is 0.153 e. The van der Waals surface area contributed by atoms with Crippen LogP contribution in [0.2, 0.25) is 0 Å². The molecule has 0 aromatic heterocycles. The number of nitrogen functional groups attached to an aromatic ring is 1. The van der Waals surface area contributed by atoms with Gasteiger partial charge >= 0.3 is 0 Å². The Balaban J connectivity index is 1.82. The Kier molecular flexibility index (Phi) is 12.0. The highest BCUT2D eigenvalue weighted by atomic mass is 32.2. The van der Waals surface area contributed by atoms with Crippen molar-refractivity contribution in [2.24, 2.45) is 10.7 Å². The van der Waals surface area contributed by atoms with E-state index in [0.717, 1.165) is 35.6 Å². The summed E-state index contributed by atoms with van der Waals surface area (Å²) in [6.07, 6.45) is 8.18. The predicted molar refractivity (Wildman–Crippen MR) is 148 cm³/mol. The first kappa shape index (κ1) is 28.9. The number of aliphatic imine (C=N–C) groups is 1. The third-order valence-electron chi connectivity index (χ3n) is 5.38. The van der Waals surface area contributed by atoms with Gasteiger partial charge < -0.3 is 20.9 Å². The lowest BCUT2D eigenvalue weighted by atomic mass is 10.1. The minimum Gasteiger partial charge on any atom is -0.493 e. The number of allylic oxidation sites excluding steroid dienone is 1. The summed E-state index contributed by atoms with van der Waals surface area (Å²) in [4.78, 5) is 6.36. The first-order valence-electron chi connectivity index (χ1n) is 11.9. The number of likely N-dealkylation sites (N-methyl/N-ethyl adjacent to an activating group) is 1. The molecule has 0 atom stereocenters. The summed E-state index contributed by atoms with van der Waals surface area (Å²) in [5.74, 6) is 1.54. The lowest BCUT2D eigenvalue weighted by Gasteiger charge is -2.18. The summed E-state index contributed by atoms with van der Waals surface area (Å²) in [7, 11) is 0.658. The zero-order chi connectivity index (χ0) is 26.4. The van der Waals surface area contributed by atoms with Gasteiger partial charge in [-0.1, -0.05) is 31.2 Å². The number of nitrogens with zero attached hydrogens (tertiary/aromatic N) is 2. The Labute approximate surface area is 215 Å². The summed E-state index contributed by atoms with van der Waals surface area (Å²) in [5, 5.41) is 0. The summed E-state index contributed by atoms with van der Waals surface area (Å²) < 4.78 is 35.1. The number of nitrogens with two attached hydrogens (primary N) is 2. The van der Waals surface area contributed by atoms with E-state index in [1.165, 1.54) is 6.20 Å². The molecule has 0 heterocycles. The molecule has 2 aromatic rings. The van der Waals surface area contributed by atoms with Crippen LogP contribution < -0.4 is 20.9 Å². The van der Waals surface area contributed by atoms with Crippen LogP contribution in [0.4, 0.5) is 5.69 Å². The van der Waals surface area contributed by atoms with Crippen LogP contribution in [0, 0.1) is 0 Å². The first-order valence-corrected chi connectivity index (χ1v) is 13.7. The van der Waals surface area contributed by atoms with E-state index < -0.39 is 9.84 Å². The number of ether oxygens (including phenoxy) is 2. The Hall–Kier alpha value is -3.30. The monoisotopic (exact) mass is 514 g/mol. The average molecular weight is 515 g/mol. The molecule has 0 radical (unpaired) electrons. The molecule has 0 aliphatic rings. The molecule has 0 saturated carbocycles. The maximum absolute atomic E-state index is 11.7. The number of benzene rings is 2. The SMILES string of the molecule is CCS(=O)(=O)CCOc1ccc(N)cc1CN(C)C/C=C/CCOc1cccc(C(/C=C\N)=NC)c1. The van der Waals surface area contributed by atoms with Crippen molar-refractivity contribution in [1.82, 2.24) is 4.90 Å². The van der Waals surface area contributed by atoms with E-state index in [1.54, 1.807) is 32.2 Å². The Morgan fingerprint density at radius 2 is 1.92 bits per heavy atom. The van der Waals surface area contributed by atoms with Crippen LogP contribution in [0.5, 0.6) is 11.5 Å². The topological polar surface area (TPSA) is 120 Å². The molecule has 0 amide bonds. The molecule has 2 rings (SSSR count). The fraction of sp³-hybridized carbons (Fsp3) is 0.370. The summed E-state index contributed by atoms with van der Waals surface area (Å²) in [5.41, 5.74) is 14.8. The van der Waals surface area contributed by atoms with Gasteiger partial charge in [0.1, 0.15) is 18.1 Å². The molecule has 0 saturated heterocycles. The Bertz CT molecular complexity index is 1160. The van der Waals surface area contributed by atoms with Crippen molar-refractivity contribution in [2.75, 3.05) is 51.1 Å². The quantitative estimate of drug-likeness (QED) is 0.162. The summed E-state index contributed by atoms with van der Waals surface area (Å²) in [6, 6.07) is 13.2. The molecule has 0 spiro atoms. The van der Waals surface area contributed by atoms with Gasteiger partial charge in [0, 0.05) is 42.7 Å². The van der Waals surface area contributed by atoms with Crippen molar-refractivity contribution in [2.45, 2.75) is 19.9 Å². The fourth-order valence-corrected chi connectivity index (χ4v) is 4.02. The van der Waals surface area contributed by atoms with Gasteiger partial charge in [0.2, 0.25) is 0 Å². The zero-order valence-corrected chi connectivity index (χ0v) is 22.2. The molecule has 36 heavy (non-hydrogen) atoms. The van der Waals surface area contributed by atoms with E-state index in [2.05, 4.69) is 22.0 Å². The van der Waals surface area contributed by atoms with Gasteiger partial charge in [-0.3, -0.25) is 9.89 Å². The van der Waals surface area contributed by atoms with Crippen LogP contribution in [-0.2, 0) is 16.4 Å². The maximum atomic E-state index is 11.7. The molecule has 0 bridgehead atoms. The van der Waals surface area contributed by atoms with Crippen molar-refractivity contribution in [1.29, 1.82) is 0 Å². The van der Waals surface area contributed by atoms with Crippen LogP contribution in [0.25, 0.3) is 0 Å². The number of rotatable bonds is 15. The van der Waals surface area contributed by atoms with E-state index in [4.69, 9.17) is 20.9 Å². The van der Waals surface area contributed by atoms with Crippen LogP contribution in [0.1, 0.15) is 24.5 Å². The van der Waals surface area contributed by atoms with Gasteiger partial charge in [-0.05, 0) is 56.1 Å². The number of hydrogen-bond acceptors (Lipinski definition) is 8. The Morgan fingerprint density at radius 1 is 1.11 bits per heavy atom. The van der Waals surface area contributed by atoms with Crippen molar-refractivity contribution in [3.63, 3.8) is 0 Å². The molecule has 4 N–H and O–H groups in total. The van der Waals surface area contributed by atoms with Crippen LogP contribution in [-0.4, -0.2) is 64.4 Å². The van der Waals surface area contributed by atoms with Crippen molar-refractivity contribution >= 4 is 21.2 Å². The lowest BCUT2D eigenvalue weighted by molar-refractivity contribution is 0.317. The molecule has 9 heteroatoms. The number of sulfone groups is 1. The summed E-state index contributed by atoms with van der Waals surface area (Å²) >= 11 is 0. The number of hydrogen-bond donors (Lipinski definition) is 2. The van der Waals surface area contributed by atoms with E-state index in [1.807, 2.05) is 37.4 Å². The van der Waals surface area contributed by atoms with Gasteiger partial charge in [-0.25, -0.2) is 8.42 Å². The van der Waals surface area contributed by atoms with Crippen molar-refractivity contribution in [3.05, 3.63) is 78.0 Å². The van der Waals surface area contributed by atoms with E-state index in [9.17, 15) is 8.42 Å². The maximum Gasteiger partial charge on any atom is 0.153 e. The van der Waals surface area contributed by atoms with Crippen molar-refractivity contribution < 1.29 is 17.9 Å². The highest BCUT2D eigenvalue weighted by Gasteiger charge is 2.11. The van der Waals surface area contributed by atoms with Crippen LogP contribution in [0.15, 0.2) is 71.9 Å². The van der Waals surface area contributed by atoms with Crippen LogP contribution >= 0.6 is 0 Å². The molecule has 0 fully saturated rings. The van der Waals surface area contributed by atoms with Crippen LogP contribution in [0.3, 0.4) is 0 Å². The van der Waals surface area contributed by atoms with Gasteiger partial charge in [0.15, 0.2) is 9.84 Å². The summed E-state index contributed by atoms with van der Waals surface area (Å²) in [6.45, 7) is 3.66. The third-order valence-corrected chi connectivity index (χ3v) is 7.05. The number of anilines is 1. The molecular formula is C27H38N4O4S. The predicted octanol–water partition coefficient (Wildman–Crippen LogP) is 3.43. The van der Waals surface area contributed by atoms with Crippen molar-refractivity contribution in [3.8, 4) is 11.5 Å². The average Bonchev–Trinajstić information content (AvgIpc) is 2.86. The van der Waals surface area contributed by atoms with Gasteiger partial charge in [-0.15, -0.1) is 0 Å². The fourth-order valence-electron chi connectivity index (χ4n) is 3.40. The second kappa shape index (κ2) is 15.0. The van der Waals surface area contributed by atoms with E-state index in [0.29, 0.717) is 24.6 Å².